The van der Waals surface area contributed by atoms with Crippen LogP contribution in [0.1, 0.15) is 12.0 Å². The first-order valence-electron chi connectivity index (χ1n) is 6.21. The van der Waals surface area contributed by atoms with Gasteiger partial charge in [0.1, 0.15) is 6.61 Å². The Morgan fingerprint density at radius 3 is 2.65 bits per heavy atom. The number of aryl methyl sites for hydroxylation is 1. The van der Waals surface area contributed by atoms with Crippen LogP contribution in [0, 0.1) is 0 Å². The van der Waals surface area contributed by atoms with Crippen molar-refractivity contribution in [1.29, 1.82) is 0 Å². The first-order valence-corrected chi connectivity index (χ1v) is 6.59. The van der Waals surface area contributed by atoms with E-state index in [1.165, 1.54) is 10.6 Å². The van der Waals surface area contributed by atoms with E-state index < -0.39 is 0 Å². The lowest BCUT2D eigenvalue weighted by Crippen LogP contribution is -2.20. The van der Waals surface area contributed by atoms with Crippen LogP contribution in [0.5, 0.6) is 0 Å². The van der Waals surface area contributed by atoms with Crippen molar-refractivity contribution in [3.63, 3.8) is 0 Å². The number of nitrogens with zero attached hydrogens (tertiary/aromatic N) is 1. The number of hydrogen-bond donors (Lipinski definition) is 0. The molecule has 20 heavy (non-hydrogen) atoms. The van der Waals surface area contributed by atoms with Crippen LogP contribution in [-0.4, -0.2) is 10.5 Å². The number of halogens is 1. The van der Waals surface area contributed by atoms with Crippen LogP contribution in [0.2, 0.25) is 5.02 Å². The second-order valence-corrected chi connectivity index (χ2v) is 4.64. The van der Waals surface area contributed by atoms with Crippen LogP contribution in [0.3, 0.4) is 0 Å². The molecule has 0 atom stereocenters. The number of carbonyl (C=O) groups is 1. The zero-order valence-corrected chi connectivity index (χ0v) is 11.5. The smallest absolute Gasteiger partial charge is 0.307 e. The van der Waals surface area contributed by atoms with Gasteiger partial charge in [-0.2, -0.15) is 0 Å². The van der Waals surface area contributed by atoms with Crippen molar-refractivity contribution >= 4 is 17.6 Å². The Bertz CT molecular complexity index is 651. The van der Waals surface area contributed by atoms with Gasteiger partial charge >= 0.3 is 5.97 Å². The zero-order valence-electron chi connectivity index (χ0n) is 10.8. The lowest BCUT2D eigenvalue weighted by molar-refractivity contribution is -0.145. The zero-order chi connectivity index (χ0) is 14.4. The first-order chi connectivity index (χ1) is 9.66. The molecule has 0 bridgehead atoms. The van der Waals surface area contributed by atoms with Crippen LogP contribution in [0.25, 0.3) is 0 Å². The predicted molar refractivity (Wildman–Crippen MR) is 76.6 cm³/mol. The molecule has 0 saturated heterocycles. The number of benzene rings is 1. The second kappa shape index (κ2) is 6.91. The van der Waals surface area contributed by atoms with Gasteiger partial charge in [0.2, 0.25) is 0 Å². The molecular formula is C15H14ClNO3. The average molecular weight is 292 g/mol. The highest BCUT2D eigenvalue weighted by molar-refractivity contribution is 6.31. The Morgan fingerprint density at radius 2 is 1.90 bits per heavy atom. The van der Waals surface area contributed by atoms with Gasteiger partial charge in [0.05, 0.1) is 6.42 Å². The van der Waals surface area contributed by atoms with Gasteiger partial charge in [-0.3, -0.25) is 9.59 Å². The number of hydrogen-bond acceptors (Lipinski definition) is 3. The maximum Gasteiger partial charge on any atom is 0.307 e. The second-order valence-electron chi connectivity index (χ2n) is 4.23. The van der Waals surface area contributed by atoms with E-state index in [4.69, 9.17) is 16.3 Å². The number of esters is 1. The summed E-state index contributed by atoms with van der Waals surface area (Å²) in [6, 6.07) is 12.1. The predicted octanol–water partition coefficient (Wildman–Crippen LogP) is 2.64. The minimum Gasteiger partial charge on any atom is -0.461 e. The summed E-state index contributed by atoms with van der Waals surface area (Å²) in [5.41, 5.74) is 0.630. The number of rotatable bonds is 5. The fourth-order valence-corrected chi connectivity index (χ4v) is 1.89. The van der Waals surface area contributed by atoms with E-state index in [2.05, 4.69) is 0 Å². The monoisotopic (exact) mass is 291 g/mol. The molecule has 0 aliphatic heterocycles. The molecule has 2 rings (SSSR count). The molecule has 5 heteroatoms. The van der Waals surface area contributed by atoms with Crippen LogP contribution >= 0.6 is 11.6 Å². The van der Waals surface area contributed by atoms with Gasteiger partial charge in [-0.1, -0.05) is 35.9 Å². The van der Waals surface area contributed by atoms with Crippen molar-refractivity contribution in [2.75, 3.05) is 0 Å². The highest BCUT2D eigenvalue weighted by atomic mass is 35.5. The lowest BCUT2D eigenvalue weighted by atomic mass is 10.2. The minimum atomic E-state index is -0.360. The molecule has 0 fully saturated rings. The summed E-state index contributed by atoms with van der Waals surface area (Å²) in [5, 5.41) is 0.569. The highest BCUT2D eigenvalue weighted by Gasteiger charge is 2.06. The molecule has 0 saturated carbocycles. The summed E-state index contributed by atoms with van der Waals surface area (Å²) >= 11 is 5.96. The van der Waals surface area contributed by atoms with Gasteiger partial charge in [0.15, 0.2) is 0 Å². The molecule has 0 N–H and O–H groups in total. The van der Waals surface area contributed by atoms with E-state index in [9.17, 15) is 9.59 Å². The summed E-state index contributed by atoms with van der Waals surface area (Å²) in [6.07, 6.45) is 1.79. The molecule has 1 aromatic carbocycles. The third kappa shape index (κ3) is 3.96. The third-order valence-electron chi connectivity index (χ3n) is 2.80. The Labute approximate surface area is 121 Å². The van der Waals surface area contributed by atoms with Gasteiger partial charge in [-0.05, 0) is 12.1 Å². The minimum absolute atomic E-state index is 0.133. The fraction of sp³-hybridized carbons (Fsp3) is 0.200. The Kier molecular flexibility index (Phi) is 4.96. The van der Waals surface area contributed by atoms with E-state index in [1.807, 2.05) is 12.1 Å². The van der Waals surface area contributed by atoms with E-state index in [-0.39, 0.29) is 24.6 Å². The van der Waals surface area contributed by atoms with Crippen LogP contribution < -0.4 is 5.56 Å². The number of ether oxygens (including phenoxy) is 1. The number of aromatic nitrogens is 1. The summed E-state index contributed by atoms with van der Waals surface area (Å²) in [7, 11) is 0. The van der Waals surface area contributed by atoms with Crippen molar-refractivity contribution in [2.45, 2.75) is 19.6 Å². The Balaban J connectivity index is 1.83. The summed E-state index contributed by atoms with van der Waals surface area (Å²) < 4.78 is 6.60. The molecule has 0 aliphatic rings. The summed E-state index contributed by atoms with van der Waals surface area (Å²) in [6.45, 7) is 0.448. The molecule has 0 unspecified atom stereocenters. The van der Waals surface area contributed by atoms with Crippen LogP contribution in [0.4, 0.5) is 0 Å². The van der Waals surface area contributed by atoms with Crippen LogP contribution in [0.15, 0.2) is 53.5 Å². The van der Waals surface area contributed by atoms with Gasteiger partial charge < -0.3 is 9.30 Å². The van der Waals surface area contributed by atoms with Gasteiger partial charge in [-0.25, -0.2) is 0 Å². The molecule has 0 aliphatic carbocycles. The van der Waals surface area contributed by atoms with E-state index in [1.54, 1.807) is 30.5 Å². The van der Waals surface area contributed by atoms with Crippen molar-refractivity contribution < 1.29 is 9.53 Å². The SMILES string of the molecule is O=C(CCn1ccccc1=O)OCc1ccccc1Cl. The molecule has 0 radical (unpaired) electrons. The molecule has 0 spiro atoms. The van der Waals surface area contributed by atoms with E-state index >= 15 is 0 Å². The topological polar surface area (TPSA) is 48.3 Å². The highest BCUT2D eigenvalue weighted by Crippen LogP contribution is 2.15. The molecule has 1 aromatic heterocycles. The maximum atomic E-state index is 11.6. The third-order valence-corrected chi connectivity index (χ3v) is 3.17. The van der Waals surface area contributed by atoms with Crippen molar-refractivity contribution in [3.05, 3.63) is 69.6 Å². The number of pyridine rings is 1. The quantitative estimate of drug-likeness (QED) is 0.796. The summed E-state index contributed by atoms with van der Waals surface area (Å²) in [4.78, 5) is 23.1. The molecule has 0 amide bonds. The van der Waals surface area contributed by atoms with Crippen molar-refractivity contribution in [3.8, 4) is 0 Å². The first kappa shape index (κ1) is 14.3. The van der Waals surface area contributed by atoms with Gasteiger partial charge in [-0.15, -0.1) is 0 Å². The van der Waals surface area contributed by atoms with Crippen LogP contribution in [-0.2, 0) is 22.7 Å². The van der Waals surface area contributed by atoms with E-state index in [0.717, 1.165) is 5.56 Å². The summed E-state index contributed by atoms with van der Waals surface area (Å²) in [5.74, 6) is -0.360. The molecule has 4 nitrogen and oxygen atoms in total. The van der Waals surface area contributed by atoms with Gasteiger partial charge in [0, 0.05) is 29.4 Å². The Hall–Kier alpha value is -2.07. The fourth-order valence-electron chi connectivity index (χ4n) is 1.70. The standard InChI is InChI=1S/C15H14ClNO3/c16-13-6-2-1-5-12(13)11-20-15(19)8-10-17-9-4-3-7-14(17)18/h1-7,9H,8,10-11H2. The van der Waals surface area contributed by atoms with Crippen molar-refractivity contribution in [1.82, 2.24) is 4.57 Å². The molecule has 1 heterocycles. The van der Waals surface area contributed by atoms with E-state index in [0.29, 0.717) is 11.6 Å². The average Bonchev–Trinajstić information content (AvgIpc) is 2.45. The number of carbonyl (C=O) groups excluding carboxylic acids is 1. The van der Waals surface area contributed by atoms with Crippen molar-refractivity contribution in [2.24, 2.45) is 0 Å². The molecule has 104 valence electrons. The lowest BCUT2D eigenvalue weighted by Gasteiger charge is -2.07. The normalized spacial score (nSPS) is 10.2. The maximum absolute atomic E-state index is 11.6. The van der Waals surface area contributed by atoms with Gasteiger partial charge in [0.25, 0.3) is 5.56 Å². The Morgan fingerprint density at radius 1 is 1.15 bits per heavy atom. The molecule has 2 aromatic rings. The largest absolute Gasteiger partial charge is 0.461 e. The molecular weight excluding hydrogens is 278 g/mol.